The molecule has 1 heterocycles. The molecule has 2 aromatic rings. The van der Waals surface area contributed by atoms with Crippen LogP contribution in [-0.4, -0.2) is 45.9 Å². The molecule has 0 bridgehead atoms. The Morgan fingerprint density at radius 2 is 1.88 bits per heavy atom. The SMILES string of the molecule is CC(C)N(CCNC(=O)CCc1nc2ccccc2c(=O)[nH]1)C(C)C. The van der Waals surface area contributed by atoms with Gasteiger partial charge in [0.1, 0.15) is 5.82 Å². The van der Waals surface area contributed by atoms with Crippen LogP contribution in [0.2, 0.25) is 0 Å². The molecule has 0 aliphatic heterocycles. The second-order valence-electron chi connectivity index (χ2n) is 6.81. The van der Waals surface area contributed by atoms with Gasteiger partial charge < -0.3 is 10.3 Å². The van der Waals surface area contributed by atoms with Gasteiger partial charge >= 0.3 is 0 Å². The summed E-state index contributed by atoms with van der Waals surface area (Å²) in [5.74, 6) is 0.521. The molecule has 0 saturated heterocycles. The molecule has 0 aliphatic carbocycles. The number of nitrogens with one attached hydrogen (secondary N) is 2. The quantitative estimate of drug-likeness (QED) is 0.769. The highest BCUT2D eigenvalue weighted by Crippen LogP contribution is 2.07. The molecule has 0 aliphatic rings. The topological polar surface area (TPSA) is 78.1 Å². The van der Waals surface area contributed by atoms with Crippen LogP contribution in [0, 0.1) is 0 Å². The van der Waals surface area contributed by atoms with Gasteiger partial charge in [0.2, 0.25) is 5.91 Å². The minimum atomic E-state index is -0.162. The predicted molar refractivity (Wildman–Crippen MR) is 101 cm³/mol. The van der Waals surface area contributed by atoms with E-state index in [9.17, 15) is 9.59 Å². The normalized spacial score (nSPS) is 11.6. The smallest absolute Gasteiger partial charge is 0.258 e. The van der Waals surface area contributed by atoms with Crippen molar-refractivity contribution in [1.29, 1.82) is 0 Å². The Morgan fingerprint density at radius 1 is 1.20 bits per heavy atom. The Kier molecular flexibility index (Phi) is 6.70. The fourth-order valence-corrected chi connectivity index (χ4v) is 3.01. The van der Waals surface area contributed by atoms with E-state index in [1.165, 1.54) is 0 Å². The van der Waals surface area contributed by atoms with Gasteiger partial charge in [0.25, 0.3) is 5.56 Å². The average molecular weight is 344 g/mol. The number of carbonyl (C=O) groups is 1. The van der Waals surface area contributed by atoms with Crippen molar-refractivity contribution in [3.05, 3.63) is 40.4 Å². The van der Waals surface area contributed by atoms with Crippen molar-refractivity contribution in [3.63, 3.8) is 0 Å². The van der Waals surface area contributed by atoms with Crippen LogP contribution in [0.15, 0.2) is 29.1 Å². The number of carbonyl (C=O) groups excluding carboxylic acids is 1. The summed E-state index contributed by atoms with van der Waals surface area (Å²) in [4.78, 5) is 33.6. The first-order valence-electron chi connectivity index (χ1n) is 8.89. The zero-order chi connectivity index (χ0) is 18.4. The second kappa shape index (κ2) is 8.76. The Bertz CT molecular complexity index is 759. The van der Waals surface area contributed by atoms with E-state index in [0.29, 0.717) is 48.2 Å². The molecule has 6 nitrogen and oxygen atoms in total. The number of aromatic amines is 1. The van der Waals surface area contributed by atoms with Crippen LogP contribution >= 0.6 is 0 Å². The number of fused-ring (bicyclic) bond motifs is 1. The summed E-state index contributed by atoms with van der Waals surface area (Å²) in [6.07, 6.45) is 0.731. The molecule has 1 aromatic carbocycles. The maximum absolute atomic E-state index is 12.0. The van der Waals surface area contributed by atoms with Crippen LogP contribution in [0.4, 0.5) is 0 Å². The molecule has 1 amide bonds. The molecule has 0 spiro atoms. The molecule has 6 heteroatoms. The molecule has 0 radical (unpaired) electrons. The molecule has 0 unspecified atom stereocenters. The van der Waals surface area contributed by atoms with Crippen molar-refractivity contribution in [3.8, 4) is 0 Å². The van der Waals surface area contributed by atoms with Gasteiger partial charge in [0, 0.05) is 38.0 Å². The number of benzene rings is 1. The summed E-state index contributed by atoms with van der Waals surface area (Å²) in [5.41, 5.74) is 0.497. The lowest BCUT2D eigenvalue weighted by molar-refractivity contribution is -0.121. The minimum absolute atomic E-state index is 0.0248. The number of nitrogens with zero attached hydrogens (tertiary/aromatic N) is 2. The Hall–Kier alpha value is -2.21. The fraction of sp³-hybridized carbons (Fsp3) is 0.526. The maximum Gasteiger partial charge on any atom is 0.258 e. The van der Waals surface area contributed by atoms with E-state index in [0.717, 1.165) is 6.54 Å². The summed E-state index contributed by atoms with van der Waals surface area (Å²) in [7, 11) is 0. The second-order valence-corrected chi connectivity index (χ2v) is 6.81. The van der Waals surface area contributed by atoms with E-state index in [4.69, 9.17) is 0 Å². The molecule has 0 fully saturated rings. The summed E-state index contributed by atoms with van der Waals surface area (Å²) >= 11 is 0. The van der Waals surface area contributed by atoms with E-state index >= 15 is 0 Å². The lowest BCUT2D eigenvalue weighted by Crippen LogP contribution is -2.42. The van der Waals surface area contributed by atoms with Crippen molar-refractivity contribution in [2.45, 2.75) is 52.6 Å². The minimum Gasteiger partial charge on any atom is -0.355 e. The van der Waals surface area contributed by atoms with Gasteiger partial charge in [-0.05, 0) is 39.8 Å². The monoisotopic (exact) mass is 344 g/mol. The predicted octanol–water partition coefficient (Wildman–Crippen LogP) is 2.09. The van der Waals surface area contributed by atoms with Crippen LogP contribution in [0.1, 0.15) is 39.9 Å². The number of aryl methyl sites for hydroxylation is 1. The van der Waals surface area contributed by atoms with Crippen molar-refractivity contribution in [2.75, 3.05) is 13.1 Å². The molecule has 0 atom stereocenters. The molecule has 2 N–H and O–H groups in total. The van der Waals surface area contributed by atoms with Gasteiger partial charge in [0.05, 0.1) is 10.9 Å². The van der Waals surface area contributed by atoms with Crippen LogP contribution in [0.5, 0.6) is 0 Å². The van der Waals surface area contributed by atoms with Crippen LogP contribution in [-0.2, 0) is 11.2 Å². The van der Waals surface area contributed by atoms with Gasteiger partial charge in [-0.1, -0.05) is 12.1 Å². The zero-order valence-electron chi connectivity index (χ0n) is 15.5. The lowest BCUT2D eigenvalue weighted by Gasteiger charge is -2.30. The molecular formula is C19H28N4O2. The summed E-state index contributed by atoms with van der Waals surface area (Å²) in [6, 6.07) is 8.10. The summed E-state index contributed by atoms with van der Waals surface area (Å²) in [5, 5.41) is 3.51. The Balaban J connectivity index is 1.85. The number of hydrogen-bond donors (Lipinski definition) is 2. The highest BCUT2D eigenvalue weighted by Gasteiger charge is 2.13. The van der Waals surface area contributed by atoms with E-state index in [1.807, 2.05) is 12.1 Å². The van der Waals surface area contributed by atoms with Crippen molar-refractivity contribution < 1.29 is 4.79 Å². The molecular weight excluding hydrogens is 316 g/mol. The number of aromatic nitrogens is 2. The van der Waals surface area contributed by atoms with Crippen molar-refractivity contribution in [1.82, 2.24) is 20.2 Å². The van der Waals surface area contributed by atoms with Gasteiger partial charge in [-0.25, -0.2) is 4.98 Å². The lowest BCUT2D eigenvalue weighted by atomic mass is 10.2. The van der Waals surface area contributed by atoms with Gasteiger partial charge in [-0.15, -0.1) is 0 Å². The van der Waals surface area contributed by atoms with E-state index in [-0.39, 0.29) is 11.5 Å². The standard InChI is InChI=1S/C19H28N4O2/c1-13(2)23(14(3)4)12-11-20-18(24)10-9-17-21-16-8-6-5-7-15(16)19(25)22-17/h5-8,13-14H,9-12H2,1-4H3,(H,20,24)(H,21,22,25). The third kappa shape index (κ3) is 5.39. The number of H-pyrrole nitrogens is 1. The average Bonchev–Trinajstić information content (AvgIpc) is 2.56. The number of amides is 1. The van der Waals surface area contributed by atoms with Crippen molar-refractivity contribution >= 4 is 16.8 Å². The molecule has 2 rings (SSSR count). The fourth-order valence-electron chi connectivity index (χ4n) is 3.01. The molecule has 0 saturated carbocycles. The van der Waals surface area contributed by atoms with E-state index in [1.54, 1.807) is 12.1 Å². The van der Waals surface area contributed by atoms with Gasteiger partial charge in [-0.3, -0.25) is 14.5 Å². The van der Waals surface area contributed by atoms with Crippen molar-refractivity contribution in [2.24, 2.45) is 0 Å². The van der Waals surface area contributed by atoms with Gasteiger partial charge in [0.15, 0.2) is 0 Å². The molecule has 1 aromatic heterocycles. The number of para-hydroxylation sites is 1. The number of hydrogen-bond acceptors (Lipinski definition) is 4. The first kappa shape index (κ1) is 19.1. The van der Waals surface area contributed by atoms with Crippen LogP contribution in [0.3, 0.4) is 0 Å². The Labute approximate surface area is 148 Å². The third-order valence-corrected chi connectivity index (χ3v) is 4.27. The zero-order valence-corrected chi connectivity index (χ0v) is 15.5. The number of rotatable bonds is 8. The first-order valence-corrected chi connectivity index (χ1v) is 8.89. The van der Waals surface area contributed by atoms with E-state index in [2.05, 4.69) is 47.9 Å². The Morgan fingerprint density at radius 3 is 2.56 bits per heavy atom. The summed E-state index contributed by atoms with van der Waals surface area (Å²) in [6.45, 7) is 10.1. The molecule has 25 heavy (non-hydrogen) atoms. The maximum atomic E-state index is 12.0. The van der Waals surface area contributed by atoms with Crippen LogP contribution < -0.4 is 10.9 Å². The summed E-state index contributed by atoms with van der Waals surface area (Å²) < 4.78 is 0. The van der Waals surface area contributed by atoms with E-state index < -0.39 is 0 Å². The van der Waals surface area contributed by atoms with Gasteiger partial charge in [-0.2, -0.15) is 0 Å². The van der Waals surface area contributed by atoms with Crippen LogP contribution in [0.25, 0.3) is 10.9 Å². The molecule has 136 valence electrons. The first-order chi connectivity index (χ1) is 11.9. The highest BCUT2D eigenvalue weighted by molar-refractivity contribution is 5.78. The third-order valence-electron chi connectivity index (χ3n) is 4.27. The largest absolute Gasteiger partial charge is 0.355 e. The highest BCUT2D eigenvalue weighted by atomic mass is 16.1.